The first kappa shape index (κ1) is 24.4. The molecule has 2 rings (SSSR count). The van der Waals surface area contributed by atoms with E-state index in [0.29, 0.717) is 6.07 Å². The Bertz CT molecular complexity index is 757. The number of hydrogen-bond donors (Lipinski definition) is 0. The minimum Gasteiger partial charge on any atom is -0.490 e. The van der Waals surface area contributed by atoms with Crippen LogP contribution >= 0.6 is 0 Å². The van der Waals surface area contributed by atoms with Crippen LogP contribution in [0.1, 0.15) is 5.56 Å². The number of benzene rings is 2. The summed E-state index contributed by atoms with van der Waals surface area (Å²) in [5.74, 6) is -2.66. The number of halogens is 10. The molecule has 162 valence electrons. The highest BCUT2D eigenvalue weighted by molar-refractivity contribution is 5.36. The Balaban J connectivity index is 0.000000291. The maximum absolute atomic E-state index is 12.9. The zero-order chi connectivity index (χ0) is 22.3. The van der Waals surface area contributed by atoms with Crippen LogP contribution in [0.5, 0.6) is 11.5 Å². The highest BCUT2D eigenvalue weighted by Crippen LogP contribution is 2.38. The maximum atomic E-state index is 12.9. The van der Waals surface area contributed by atoms with E-state index in [1.165, 1.54) is 18.2 Å². The van der Waals surface area contributed by atoms with Crippen LogP contribution in [0, 0.1) is 5.82 Å². The van der Waals surface area contributed by atoms with Crippen LogP contribution in [0.4, 0.5) is 43.9 Å². The highest BCUT2D eigenvalue weighted by atomic mass is 19.4. The standard InChI is InChI=1S/C9H7F5O.C8H5F5O/c10-4-5-15-7-3-1-2-6(11)8(7)9(12,13)14;9-7(10,11)8(12,13)14-6-4-2-1-3-5-6/h1-3H,4-5H2;1-5H. The molecule has 2 aromatic carbocycles. The molecule has 0 bridgehead atoms. The Kier molecular flexibility index (Phi) is 8.15. The summed E-state index contributed by atoms with van der Waals surface area (Å²) < 4.78 is 129. The van der Waals surface area contributed by atoms with Gasteiger partial charge in [0, 0.05) is 0 Å². The van der Waals surface area contributed by atoms with Gasteiger partial charge in [-0.3, -0.25) is 0 Å². The summed E-state index contributed by atoms with van der Waals surface area (Å²) in [6.07, 6.45) is -15.7. The fourth-order valence-electron chi connectivity index (χ4n) is 1.74. The molecule has 0 aliphatic heterocycles. The second kappa shape index (κ2) is 9.70. The fraction of sp³-hybridized carbons (Fsp3) is 0.294. The van der Waals surface area contributed by atoms with Gasteiger partial charge in [0.2, 0.25) is 0 Å². The quantitative estimate of drug-likeness (QED) is 0.502. The molecule has 0 spiro atoms. The van der Waals surface area contributed by atoms with Gasteiger partial charge in [0.15, 0.2) is 0 Å². The summed E-state index contributed by atoms with van der Waals surface area (Å²) in [7, 11) is 0. The van der Waals surface area contributed by atoms with Crippen molar-refractivity contribution < 1.29 is 53.4 Å². The molecule has 0 radical (unpaired) electrons. The first-order valence-corrected chi connectivity index (χ1v) is 7.52. The van der Waals surface area contributed by atoms with Gasteiger partial charge in [0.25, 0.3) is 0 Å². The lowest BCUT2D eigenvalue weighted by Gasteiger charge is -2.19. The number of hydrogen-bond acceptors (Lipinski definition) is 2. The average Bonchev–Trinajstić information content (AvgIpc) is 2.59. The molecule has 0 aromatic heterocycles. The fourth-order valence-corrected chi connectivity index (χ4v) is 1.74. The highest BCUT2D eigenvalue weighted by Gasteiger charge is 2.61. The minimum atomic E-state index is -5.71. The Morgan fingerprint density at radius 2 is 1.34 bits per heavy atom. The largest absolute Gasteiger partial charge is 0.499 e. The van der Waals surface area contributed by atoms with Crippen molar-refractivity contribution in [2.45, 2.75) is 18.5 Å². The van der Waals surface area contributed by atoms with Crippen molar-refractivity contribution in [3.8, 4) is 11.5 Å². The molecule has 0 unspecified atom stereocenters. The third kappa shape index (κ3) is 7.35. The molecule has 2 nitrogen and oxygen atoms in total. The Morgan fingerprint density at radius 1 is 0.759 bits per heavy atom. The summed E-state index contributed by atoms with van der Waals surface area (Å²) in [4.78, 5) is 0. The minimum absolute atomic E-state index is 0.533. The molecule has 0 aliphatic carbocycles. The van der Waals surface area contributed by atoms with Gasteiger partial charge in [0.05, 0.1) is 0 Å². The molecule has 2 aromatic rings. The SMILES string of the molecule is FC(F)(F)C(F)(F)Oc1ccccc1.FCCOc1cccc(F)c1C(F)(F)F. The summed E-state index contributed by atoms with van der Waals surface area (Å²) in [6, 6.07) is 8.77. The number of ether oxygens (including phenoxy) is 2. The molecule has 0 atom stereocenters. The second-order valence-corrected chi connectivity index (χ2v) is 5.08. The third-order valence-electron chi connectivity index (χ3n) is 2.91. The summed E-state index contributed by atoms with van der Waals surface area (Å²) in [6.45, 7) is -1.47. The van der Waals surface area contributed by atoms with E-state index in [0.717, 1.165) is 24.3 Å². The molecule has 29 heavy (non-hydrogen) atoms. The van der Waals surface area contributed by atoms with Gasteiger partial charge in [-0.2, -0.15) is 35.1 Å². The van der Waals surface area contributed by atoms with E-state index in [-0.39, 0.29) is 0 Å². The smallest absolute Gasteiger partial charge is 0.490 e. The van der Waals surface area contributed by atoms with Gasteiger partial charge in [-0.25, -0.2) is 8.78 Å². The van der Waals surface area contributed by atoms with Crippen molar-refractivity contribution in [3.63, 3.8) is 0 Å². The second-order valence-electron chi connectivity index (χ2n) is 5.08. The maximum Gasteiger partial charge on any atom is 0.499 e. The van der Waals surface area contributed by atoms with Crippen molar-refractivity contribution in [3.05, 3.63) is 59.9 Å². The predicted octanol–water partition coefficient (Wildman–Crippen LogP) is 6.41. The number of alkyl halides is 9. The Hall–Kier alpha value is -2.66. The lowest BCUT2D eigenvalue weighted by molar-refractivity contribution is -0.360. The van der Waals surface area contributed by atoms with Crippen LogP contribution in [0.25, 0.3) is 0 Å². The Morgan fingerprint density at radius 3 is 1.83 bits per heavy atom. The zero-order valence-electron chi connectivity index (χ0n) is 14.1. The van der Waals surface area contributed by atoms with E-state index in [1.807, 2.05) is 0 Å². The van der Waals surface area contributed by atoms with Crippen LogP contribution in [-0.4, -0.2) is 25.6 Å². The van der Waals surface area contributed by atoms with Gasteiger partial charge < -0.3 is 9.47 Å². The molecule has 0 fully saturated rings. The molecule has 12 heteroatoms. The van der Waals surface area contributed by atoms with Crippen molar-refractivity contribution in [2.24, 2.45) is 0 Å². The number of para-hydroxylation sites is 1. The lowest BCUT2D eigenvalue weighted by atomic mass is 10.2. The topological polar surface area (TPSA) is 18.5 Å². The molecule has 0 aliphatic rings. The zero-order valence-corrected chi connectivity index (χ0v) is 14.1. The van der Waals surface area contributed by atoms with Crippen LogP contribution in [-0.2, 0) is 6.18 Å². The van der Waals surface area contributed by atoms with Crippen molar-refractivity contribution in [1.29, 1.82) is 0 Å². The van der Waals surface area contributed by atoms with Crippen LogP contribution in [0.15, 0.2) is 48.5 Å². The van der Waals surface area contributed by atoms with Gasteiger partial charge >= 0.3 is 18.5 Å². The van der Waals surface area contributed by atoms with Crippen molar-refractivity contribution in [1.82, 2.24) is 0 Å². The van der Waals surface area contributed by atoms with E-state index in [4.69, 9.17) is 0 Å². The first-order chi connectivity index (χ1) is 13.3. The van der Waals surface area contributed by atoms with Crippen LogP contribution < -0.4 is 9.47 Å². The van der Waals surface area contributed by atoms with Gasteiger partial charge in [-0.15, -0.1) is 0 Å². The van der Waals surface area contributed by atoms with Crippen LogP contribution in [0.3, 0.4) is 0 Å². The molecule has 0 saturated carbocycles. The molecular weight excluding hydrogens is 426 g/mol. The summed E-state index contributed by atoms with van der Waals surface area (Å²) in [5.41, 5.74) is -1.50. The van der Waals surface area contributed by atoms with Gasteiger partial charge in [0.1, 0.15) is 36.2 Å². The van der Waals surface area contributed by atoms with E-state index >= 15 is 0 Å². The number of rotatable bonds is 5. The molecule has 0 amide bonds. The van der Waals surface area contributed by atoms with Gasteiger partial charge in [-0.05, 0) is 24.3 Å². The third-order valence-corrected chi connectivity index (χ3v) is 2.91. The normalized spacial score (nSPS) is 12.1. The predicted molar refractivity (Wildman–Crippen MR) is 80.9 cm³/mol. The van der Waals surface area contributed by atoms with E-state index in [1.54, 1.807) is 0 Å². The first-order valence-electron chi connectivity index (χ1n) is 7.52. The summed E-state index contributed by atoms with van der Waals surface area (Å²) >= 11 is 0. The van der Waals surface area contributed by atoms with Crippen LogP contribution in [0.2, 0.25) is 0 Å². The Labute approximate surface area is 157 Å². The molecule has 0 heterocycles. The lowest BCUT2D eigenvalue weighted by Crippen LogP contribution is -2.41. The van der Waals surface area contributed by atoms with E-state index in [9.17, 15) is 43.9 Å². The van der Waals surface area contributed by atoms with E-state index in [2.05, 4.69) is 9.47 Å². The molecule has 0 saturated heterocycles. The molecular formula is C17H12F10O2. The monoisotopic (exact) mass is 438 g/mol. The summed E-state index contributed by atoms with van der Waals surface area (Å²) in [5, 5.41) is 0. The average molecular weight is 438 g/mol. The molecule has 0 N–H and O–H groups in total. The van der Waals surface area contributed by atoms with Crippen molar-refractivity contribution in [2.75, 3.05) is 13.3 Å². The van der Waals surface area contributed by atoms with Crippen molar-refractivity contribution >= 4 is 0 Å². The van der Waals surface area contributed by atoms with E-state index < -0.39 is 54.6 Å². The van der Waals surface area contributed by atoms with Gasteiger partial charge in [-0.1, -0.05) is 24.3 Å².